The highest BCUT2D eigenvalue weighted by Gasteiger charge is 2.31. The van der Waals surface area contributed by atoms with Crippen LogP contribution in [0.1, 0.15) is 11.1 Å². The highest BCUT2D eigenvalue weighted by molar-refractivity contribution is 5.22. The van der Waals surface area contributed by atoms with Gasteiger partial charge < -0.3 is 9.84 Å². The number of hydrogen-bond acceptors (Lipinski definition) is 2. The summed E-state index contributed by atoms with van der Waals surface area (Å²) in [4.78, 5) is 0. The Hall–Kier alpha value is -1.71. The minimum atomic E-state index is -1.85. The van der Waals surface area contributed by atoms with E-state index in [1.165, 1.54) is 0 Å². The van der Waals surface area contributed by atoms with Gasteiger partial charge in [0.05, 0.1) is 19.8 Å². The van der Waals surface area contributed by atoms with E-state index in [1.54, 1.807) is 24.3 Å². The molecule has 2 aromatic rings. The van der Waals surface area contributed by atoms with Crippen LogP contribution in [0.2, 0.25) is 0 Å². The molecule has 1 atom stereocenters. The van der Waals surface area contributed by atoms with Gasteiger partial charge in [0, 0.05) is 0 Å². The standard InChI is InChI=1S/C16H17FO2/c17-16(12-18,15-9-5-2-6-10-15)13-19-11-14-7-3-1-4-8-14/h1-10,18H,11-13H2. The predicted molar refractivity (Wildman–Crippen MR) is 72.4 cm³/mol. The topological polar surface area (TPSA) is 29.5 Å². The minimum Gasteiger partial charge on any atom is -0.393 e. The Bertz CT molecular complexity index is 487. The fraction of sp³-hybridized carbons (Fsp3) is 0.250. The van der Waals surface area contributed by atoms with Crippen molar-refractivity contribution >= 4 is 0 Å². The number of ether oxygens (including phenoxy) is 1. The van der Waals surface area contributed by atoms with Gasteiger partial charge in [0.25, 0.3) is 0 Å². The zero-order valence-corrected chi connectivity index (χ0v) is 10.6. The zero-order valence-electron chi connectivity index (χ0n) is 10.6. The van der Waals surface area contributed by atoms with E-state index >= 15 is 0 Å². The van der Waals surface area contributed by atoms with E-state index in [2.05, 4.69) is 0 Å². The Balaban J connectivity index is 1.96. The summed E-state index contributed by atoms with van der Waals surface area (Å²) in [5.74, 6) is 0. The van der Waals surface area contributed by atoms with Crippen LogP contribution in [0.25, 0.3) is 0 Å². The summed E-state index contributed by atoms with van der Waals surface area (Å²) in [6, 6.07) is 18.2. The SMILES string of the molecule is OCC(F)(COCc1ccccc1)c1ccccc1. The van der Waals surface area contributed by atoms with Crippen LogP contribution in [-0.4, -0.2) is 18.3 Å². The van der Waals surface area contributed by atoms with Crippen LogP contribution < -0.4 is 0 Å². The molecule has 0 amide bonds. The zero-order chi connectivity index (χ0) is 13.6. The Morgan fingerprint density at radius 1 is 0.947 bits per heavy atom. The summed E-state index contributed by atoms with van der Waals surface area (Å²) < 4.78 is 20.0. The van der Waals surface area contributed by atoms with Gasteiger partial charge in [0.1, 0.15) is 0 Å². The van der Waals surface area contributed by atoms with Crippen molar-refractivity contribution in [3.8, 4) is 0 Å². The molecule has 0 radical (unpaired) electrons. The maximum absolute atomic E-state index is 14.6. The van der Waals surface area contributed by atoms with Crippen LogP contribution in [0.3, 0.4) is 0 Å². The van der Waals surface area contributed by atoms with Crippen LogP contribution in [0, 0.1) is 0 Å². The van der Waals surface area contributed by atoms with Gasteiger partial charge in [0.15, 0.2) is 5.67 Å². The van der Waals surface area contributed by atoms with E-state index in [-0.39, 0.29) is 6.61 Å². The first-order valence-electron chi connectivity index (χ1n) is 6.21. The molecule has 0 spiro atoms. The highest BCUT2D eigenvalue weighted by atomic mass is 19.1. The van der Waals surface area contributed by atoms with Crippen molar-refractivity contribution in [2.24, 2.45) is 0 Å². The average molecular weight is 260 g/mol. The third-order valence-corrected chi connectivity index (χ3v) is 2.98. The normalized spacial score (nSPS) is 14.0. The molecule has 0 bridgehead atoms. The summed E-state index contributed by atoms with van der Waals surface area (Å²) in [6.45, 7) is -0.423. The van der Waals surface area contributed by atoms with Gasteiger partial charge >= 0.3 is 0 Å². The van der Waals surface area contributed by atoms with Gasteiger partial charge in [-0.25, -0.2) is 4.39 Å². The molecule has 0 aliphatic heterocycles. The quantitative estimate of drug-likeness (QED) is 0.865. The van der Waals surface area contributed by atoms with Crippen LogP contribution in [0.4, 0.5) is 4.39 Å². The lowest BCUT2D eigenvalue weighted by Gasteiger charge is -2.23. The summed E-state index contributed by atoms with van der Waals surface area (Å²) in [6.07, 6.45) is 0. The van der Waals surface area contributed by atoms with Crippen molar-refractivity contribution in [2.75, 3.05) is 13.2 Å². The van der Waals surface area contributed by atoms with Crippen LogP contribution in [0.15, 0.2) is 60.7 Å². The van der Waals surface area contributed by atoms with E-state index in [4.69, 9.17) is 4.74 Å². The molecule has 0 fully saturated rings. The van der Waals surface area contributed by atoms with Crippen molar-refractivity contribution in [2.45, 2.75) is 12.3 Å². The van der Waals surface area contributed by atoms with Crippen LogP contribution in [0.5, 0.6) is 0 Å². The summed E-state index contributed by atoms with van der Waals surface area (Å²) >= 11 is 0. The first-order chi connectivity index (χ1) is 9.24. The third kappa shape index (κ3) is 3.63. The van der Waals surface area contributed by atoms with E-state index in [9.17, 15) is 9.50 Å². The minimum absolute atomic E-state index is 0.164. The second kappa shape index (κ2) is 6.45. The third-order valence-electron chi connectivity index (χ3n) is 2.98. The number of aliphatic hydroxyl groups excluding tert-OH is 1. The second-order valence-corrected chi connectivity index (χ2v) is 4.47. The first kappa shape index (κ1) is 13.7. The fourth-order valence-corrected chi connectivity index (χ4v) is 1.86. The molecule has 0 saturated carbocycles. The molecule has 3 heteroatoms. The molecule has 2 aromatic carbocycles. The van der Waals surface area contributed by atoms with Gasteiger partial charge in [-0.1, -0.05) is 60.7 Å². The molecule has 0 saturated heterocycles. The molecular formula is C16H17FO2. The lowest BCUT2D eigenvalue weighted by Crippen LogP contribution is -2.30. The van der Waals surface area contributed by atoms with Crippen molar-refractivity contribution < 1.29 is 14.2 Å². The van der Waals surface area contributed by atoms with E-state index in [0.717, 1.165) is 5.56 Å². The molecule has 2 nitrogen and oxygen atoms in total. The molecule has 0 heterocycles. The Labute approximate surface area is 112 Å². The molecule has 0 aliphatic carbocycles. The molecule has 1 N–H and O–H groups in total. The van der Waals surface area contributed by atoms with Gasteiger partial charge in [0.2, 0.25) is 0 Å². The van der Waals surface area contributed by atoms with E-state index in [0.29, 0.717) is 12.2 Å². The maximum Gasteiger partial charge on any atom is 0.181 e. The van der Waals surface area contributed by atoms with Gasteiger partial charge in [-0.15, -0.1) is 0 Å². The Morgan fingerprint density at radius 2 is 1.53 bits per heavy atom. The second-order valence-electron chi connectivity index (χ2n) is 4.47. The lowest BCUT2D eigenvalue weighted by atomic mass is 9.98. The number of hydrogen-bond donors (Lipinski definition) is 1. The summed E-state index contributed by atoms with van der Waals surface area (Å²) in [5, 5.41) is 9.28. The van der Waals surface area contributed by atoms with Gasteiger partial charge in [-0.3, -0.25) is 0 Å². The number of rotatable bonds is 6. The van der Waals surface area contributed by atoms with Crippen molar-refractivity contribution in [1.29, 1.82) is 0 Å². The van der Waals surface area contributed by atoms with Crippen LogP contribution >= 0.6 is 0 Å². The van der Waals surface area contributed by atoms with Crippen LogP contribution in [-0.2, 0) is 17.0 Å². The molecule has 19 heavy (non-hydrogen) atoms. The van der Waals surface area contributed by atoms with E-state index < -0.39 is 12.3 Å². The summed E-state index contributed by atoms with van der Waals surface area (Å²) in [7, 11) is 0. The largest absolute Gasteiger partial charge is 0.393 e. The molecule has 0 aliphatic rings. The number of alkyl halides is 1. The molecular weight excluding hydrogens is 243 g/mol. The van der Waals surface area contributed by atoms with E-state index in [1.807, 2.05) is 36.4 Å². The van der Waals surface area contributed by atoms with Crippen molar-refractivity contribution in [3.63, 3.8) is 0 Å². The van der Waals surface area contributed by atoms with Crippen molar-refractivity contribution in [1.82, 2.24) is 0 Å². The molecule has 0 aromatic heterocycles. The number of halogens is 1. The highest BCUT2D eigenvalue weighted by Crippen LogP contribution is 2.26. The number of benzene rings is 2. The molecule has 2 rings (SSSR count). The fourth-order valence-electron chi connectivity index (χ4n) is 1.86. The first-order valence-corrected chi connectivity index (χ1v) is 6.21. The monoisotopic (exact) mass is 260 g/mol. The summed E-state index contributed by atoms with van der Waals surface area (Å²) in [5.41, 5.74) is -0.433. The molecule has 100 valence electrons. The Kier molecular flexibility index (Phi) is 4.66. The van der Waals surface area contributed by atoms with Crippen molar-refractivity contribution in [3.05, 3.63) is 71.8 Å². The predicted octanol–water partition coefficient (Wildman–Crippen LogP) is 3.06. The molecule has 1 unspecified atom stereocenters. The lowest BCUT2D eigenvalue weighted by molar-refractivity contribution is -0.0297. The smallest absolute Gasteiger partial charge is 0.181 e. The Morgan fingerprint density at radius 3 is 2.11 bits per heavy atom. The van der Waals surface area contributed by atoms with Gasteiger partial charge in [-0.05, 0) is 11.1 Å². The number of aliphatic hydroxyl groups is 1. The van der Waals surface area contributed by atoms with Gasteiger partial charge in [-0.2, -0.15) is 0 Å². The average Bonchev–Trinajstić information content (AvgIpc) is 2.49. The maximum atomic E-state index is 14.6.